The molecule has 1 fully saturated rings. The lowest BCUT2D eigenvalue weighted by atomic mass is 9.92. The summed E-state index contributed by atoms with van der Waals surface area (Å²) in [6, 6.07) is 1.56. The first kappa shape index (κ1) is 16.9. The largest absolute Gasteiger partial charge is 0.376 e. The van der Waals surface area contributed by atoms with Gasteiger partial charge in [-0.25, -0.2) is 12.7 Å². The Morgan fingerprint density at radius 3 is 2.59 bits per heavy atom. The lowest BCUT2D eigenvalue weighted by Gasteiger charge is -2.39. The summed E-state index contributed by atoms with van der Waals surface area (Å²) in [5.74, 6) is 0.229. The summed E-state index contributed by atoms with van der Waals surface area (Å²) in [6.45, 7) is 2.77. The molecule has 0 aliphatic carbocycles. The normalized spacial score (nSPS) is 19.0. The fourth-order valence-electron chi connectivity index (χ4n) is 2.48. The molecular weight excluding hydrogens is 310 g/mol. The maximum absolute atomic E-state index is 12.0. The highest BCUT2D eigenvalue weighted by Crippen LogP contribution is 2.26. The lowest BCUT2D eigenvalue weighted by molar-refractivity contribution is -0.0425. The molecule has 1 aliphatic rings. The van der Waals surface area contributed by atoms with E-state index in [1.165, 1.54) is 10.6 Å². The van der Waals surface area contributed by atoms with Gasteiger partial charge in [0.1, 0.15) is 5.76 Å². The molecule has 8 nitrogen and oxygen atoms in total. The van der Waals surface area contributed by atoms with E-state index in [4.69, 9.17) is 9.26 Å². The third-order valence-electron chi connectivity index (χ3n) is 3.97. The van der Waals surface area contributed by atoms with Gasteiger partial charge in [0.25, 0.3) is 5.91 Å². The molecule has 0 unspecified atom stereocenters. The van der Waals surface area contributed by atoms with Crippen molar-refractivity contribution in [2.24, 2.45) is 0 Å². The number of aryl methyl sites for hydroxylation is 1. The zero-order chi connectivity index (χ0) is 16.4. The van der Waals surface area contributed by atoms with Gasteiger partial charge in [0.05, 0.1) is 11.9 Å². The second-order valence-electron chi connectivity index (χ2n) is 5.55. The van der Waals surface area contributed by atoms with Crippen LogP contribution >= 0.6 is 0 Å². The minimum Gasteiger partial charge on any atom is -0.376 e. The number of methoxy groups -OCH3 is 1. The van der Waals surface area contributed by atoms with Crippen LogP contribution in [-0.4, -0.2) is 62.4 Å². The first-order chi connectivity index (χ1) is 10.3. The molecule has 1 aliphatic heterocycles. The van der Waals surface area contributed by atoms with Gasteiger partial charge in [0.15, 0.2) is 5.69 Å². The predicted octanol–water partition coefficient (Wildman–Crippen LogP) is 0.153. The standard InChI is InChI=1S/C13H21N3O5S/c1-10-8-11(15-21-10)12(17)14-9-13(20-2)4-6-16(7-5-13)22(3,18)19/h8H,4-7,9H2,1-3H3,(H,14,17). The van der Waals surface area contributed by atoms with Crippen molar-refractivity contribution in [2.75, 3.05) is 33.0 Å². The van der Waals surface area contributed by atoms with Gasteiger partial charge < -0.3 is 14.6 Å². The quantitative estimate of drug-likeness (QED) is 0.824. The second kappa shape index (κ2) is 6.35. The smallest absolute Gasteiger partial charge is 0.273 e. The summed E-state index contributed by atoms with van der Waals surface area (Å²) in [5, 5.41) is 6.43. The minimum atomic E-state index is -3.19. The van der Waals surface area contributed by atoms with Crippen molar-refractivity contribution >= 4 is 15.9 Å². The van der Waals surface area contributed by atoms with Gasteiger partial charge in [0, 0.05) is 32.8 Å². The van der Waals surface area contributed by atoms with E-state index < -0.39 is 15.6 Å². The van der Waals surface area contributed by atoms with E-state index in [0.717, 1.165) is 0 Å². The number of rotatable bonds is 5. The van der Waals surface area contributed by atoms with Gasteiger partial charge in [0.2, 0.25) is 10.0 Å². The molecule has 22 heavy (non-hydrogen) atoms. The summed E-state index contributed by atoms with van der Waals surface area (Å²) in [6.07, 6.45) is 2.24. The van der Waals surface area contributed by atoms with Crippen LogP contribution in [0, 0.1) is 6.92 Å². The van der Waals surface area contributed by atoms with E-state index in [-0.39, 0.29) is 11.6 Å². The third kappa shape index (κ3) is 3.84. The van der Waals surface area contributed by atoms with Crippen LogP contribution in [0.2, 0.25) is 0 Å². The van der Waals surface area contributed by atoms with Gasteiger partial charge >= 0.3 is 0 Å². The number of ether oxygens (including phenoxy) is 1. The molecule has 0 radical (unpaired) electrons. The fraction of sp³-hybridized carbons (Fsp3) is 0.692. The Bertz CT molecular complexity index is 632. The van der Waals surface area contributed by atoms with Crippen LogP contribution in [0.1, 0.15) is 29.1 Å². The van der Waals surface area contributed by atoms with E-state index >= 15 is 0 Å². The van der Waals surface area contributed by atoms with Crippen molar-refractivity contribution in [3.8, 4) is 0 Å². The third-order valence-corrected chi connectivity index (χ3v) is 5.27. The zero-order valence-electron chi connectivity index (χ0n) is 13.0. The average molecular weight is 331 g/mol. The SMILES string of the molecule is COC1(CNC(=O)c2cc(C)on2)CCN(S(C)(=O)=O)CC1. The average Bonchev–Trinajstić information content (AvgIpc) is 2.91. The van der Waals surface area contributed by atoms with E-state index in [1.54, 1.807) is 20.1 Å². The van der Waals surface area contributed by atoms with Gasteiger partial charge in [-0.3, -0.25) is 4.79 Å². The molecule has 0 aromatic carbocycles. The van der Waals surface area contributed by atoms with E-state index in [1.807, 2.05) is 0 Å². The molecule has 0 saturated carbocycles. The molecule has 0 atom stereocenters. The summed E-state index contributed by atoms with van der Waals surface area (Å²) in [4.78, 5) is 12.0. The van der Waals surface area contributed by atoms with Gasteiger partial charge in [-0.05, 0) is 19.8 Å². The Morgan fingerprint density at radius 1 is 1.50 bits per heavy atom. The molecule has 2 rings (SSSR count). The van der Waals surface area contributed by atoms with Crippen LogP contribution < -0.4 is 5.32 Å². The highest BCUT2D eigenvalue weighted by molar-refractivity contribution is 7.88. The molecule has 1 saturated heterocycles. The molecule has 1 aromatic rings. The first-order valence-electron chi connectivity index (χ1n) is 6.97. The number of nitrogens with one attached hydrogen (secondary N) is 1. The zero-order valence-corrected chi connectivity index (χ0v) is 13.8. The number of sulfonamides is 1. The summed E-state index contributed by atoms with van der Waals surface area (Å²) in [7, 11) is -1.62. The minimum absolute atomic E-state index is 0.220. The molecule has 0 spiro atoms. The van der Waals surface area contributed by atoms with Crippen molar-refractivity contribution in [2.45, 2.75) is 25.4 Å². The second-order valence-corrected chi connectivity index (χ2v) is 7.54. The van der Waals surface area contributed by atoms with Gasteiger partial charge in [-0.1, -0.05) is 5.16 Å². The van der Waals surface area contributed by atoms with Crippen molar-refractivity contribution in [1.82, 2.24) is 14.8 Å². The number of carbonyl (C=O) groups is 1. The van der Waals surface area contributed by atoms with Crippen molar-refractivity contribution in [1.29, 1.82) is 0 Å². The molecule has 1 aromatic heterocycles. The van der Waals surface area contributed by atoms with Crippen LogP contribution in [0.5, 0.6) is 0 Å². The summed E-state index contributed by atoms with van der Waals surface area (Å²) >= 11 is 0. The Labute approximate surface area is 129 Å². The molecule has 2 heterocycles. The maximum atomic E-state index is 12.0. The van der Waals surface area contributed by atoms with Crippen molar-refractivity contribution in [3.05, 3.63) is 17.5 Å². The monoisotopic (exact) mass is 331 g/mol. The summed E-state index contributed by atoms with van der Waals surface area (Å²) < 4.78 is 34.9. The molecular formula is C13H21N3O5S. The molecule has 0 bridgehead atoms. The molecule has 9 heteroatoms. The van der Waals surface area contributed by atoms with E-state index in [0.29, 0.717) is 38.2 Å². The number of aromatic nitrogens is 1. The van der Waals surface area contributed by atoms with Crippen LogP contribution in [0.3, 0.4) is 0 Å². The Hall–Kier alpha value is -1.45. The van der Waals surface area contributed by atoms with Crippen LogP contribution in [0.25, 0.3) is 0 Å². The molecule has 1 amide bonds. The summed E-state index contributed by atoms with van der Waals surface area (Å²) in [5.41, 5.74) is -0.340. The number of amides is 1. The first-order valence-corrected chi connectivity index (χ1v) is 8.82. The van der Waals surface area contributed by atoms with E-state index in [9.17, 15) is 13.2 Å². The Balaban J connectivity index is 1.94. The van der Waals surface area contributed by atoms with Crippen LogP contribution in [-0.2, 0) is 14.8 Å². The van der Waals surface area contributed by atoms with Gasteiger partial charge in [-0.15, -0.1) is 0 Å². The lowest BCUT2D eigenvalue weighted by Crippen LogP contribution is -2.53. The maximum Gasteiger partial charge on any atom is 0.273 e. The van der Waals surface area contributed by atoms with E-state index in [2.05, 4.69) is 10.5 Å². The number of piperidine rings is 1. The number of carbonyl (C=O) groups excluding carboxylic acids is 1. The van der Waals surface area contributed by atoms with Crippen molar-refractivity contribution in [3.63, 3.8) is 0 Å². The Morgan fingerprint density at radius 2 is 2.14 bits per heavy atom. The number of hydrogen-bond acceptors (Lipinski definition) is 6. The number of nitrogens with zero attached hydrogens (tertiary/aromatic N) is 2. The highest BCUT2D eigenvalue weighted by atomic mass is 32.2. The molecule has 1 N–H and O–H groups in total. The molecule has 124 valence electrons. The van der Waals surface area contributed by atoms with Gasteiger partial charge in [-0.2, -0.15) is 0 Å². The number of hydrogen-bond donors (Lipinski definition) is 1. The topological polar surface area (TPSA) is 102 Å². The Kier molecular flexibility index (Phi) is 4.88. The fourth-order valence-corrected chi connectivity index (χ4v) is 3.33. The van der Waals surface area contributed by atoms with Crippen LogP contribution in [0.4, 0.5) is 0 Å². The predicted molar refractivity (Wildman–Crippen MR) is 79.0 cm³/mol. The highest BCUT2D eigenvalue weighted by Gasteiger charge is 2.37. The van der Waals surface area contributed by atoms with Crippen LogP contribution in [0.15, 0.2) is 10.6 Å². The van der Waals surface area contributed by atoms with Crippen molar-refractivity contribution < 1.29 is 22.5 Å².